The van der Waals surface area contributed by atoms with E-state index in [0.29, 0.717) is 16.6 Å². The summed E-state index contributed by atoms with van der Waals surface area (Å²) in [6.07, 6.45) is 1.95. The maximum Gasteiger partial charge on any atom is 0.344 e. The van der Waals surface area contributed by atoms with E-state index in [1.165, 1.54) is 11.8 Å². The van der Waals surface area contributed by atoms with Gasteiger partial charge < -0.3 is 10.1 Å². The van der Waals surface area contributed by atoms with E-state index in [4.69, 9.17) is 4.74 Å². The van der Waals surface area contributed by atoms with Crippen LogP contribution in [-0.2, 0) is 4.79 Å². The van der Waals surface area contributed by atoms with Crippen LogP contribution in [0.5, 0.6) is 11.5 Å². The Kier molecular flexibility index (Phi) is 5.21. The SMILES string of the molecule is C[C@H](Sc1n[nH]c(=O)n1C1CC1)C(=O)Nc1ccc(Oc2ccccc2)cc1. The summed E-state index contributed by atoms with van der Waals surface area (Å²) in [6, 6.07) is 16.9. The number of aromatic amines is 1. The van der Waals surface area contributed by atoms with E-state index < -0.39 is 5.25 Å². The largest absolute Gasteiger partial charge is 0.457 e. The number of thioether (sulfide) groups is 1. The number of nitrogens with zero attached hydrogens (tertiary/aromatic N) is 2. The van der Waals surface area contributed by atoms with Crippen molar-refractivity contribution in [2.75, 3.05) is 5.32 Å². The van der Waals surface area contributed by atoms with E-state index in [0.717, 1.165) is 18.6 Å². The van der Waals surface area contributed by atoms with Crippen molar-refractivity contribution in [3.63, 3.8) is 0 Å². The third-order valence-corrected chi connectivity index (χ3v) is 5.40. The Morgan fingerprint density at radius 3 is 2.54 bits per heavy atom. The van der Waals surface area contributed by atoms with Gasteiger partial charge in [0.25, 0.3) is 0 Å². The van der Waals surface area contributed by atoms with Crippen LogP contribution in [0.2, 0.25) is 0 Å². The predicted molar refractivity (Wildman–Crippen MR) is 108 cm³/mol. The van der Waals surface area contributed by atoms with Gasteiger partial charge in [-0.2, -0.15) is 0 Å². The van der Waals surface area contributed by atoms with Crippen molar-refractivity contribution in [1.29, 1.82) is 0 Å². The van der Waals surface area contributed by atoms with Gasteiger partial charge in [0.15, 0.2) is 5.16 Å². The molecule has 0 radical (unpaired) electrons. The second-order valence-electron chi connectivity index (χ2n) is 6.60. The lowest BCUT2D eigenvalue weighted by Gasteiger charge is -2.12. The Labute approximate surface area is 166 Å². The molecule has 0 aliphatic heterocycles. The van der Waals surface area contributed by atoms with Gasteiger partial charge in [-0.3, -0.25) is 9.36 Å². The Hall–Kier alpha value is -3.00. The first-order valence-corrected chi connectivity index (χ1v) is 9.95. The van der Waals surface area contributed by atoms with Crippen molar-refractivity contribution in [2.24, 2.45) is 0 Å². The molecule has 3 aromatic rings. The smallest absolute Gasteiger partial charge is 0.344 e. The van der Waals surface area contributed by atoms with Gasteiger partial charge in [-0.25, -0.2) is 9.89 Å². The van der Waals surface area contributed by atoms with Crippen LogP contribution in [0, 0.1) is 0 Å². The van der Waals surface area contributed by atoms with Gasteiger partial charge in [0, 0.05) is 11.7 Å². The lowest BCUT2D eigenvalue weighted by Crippen LogP contribution is -2.23. The lowest BCUT2D eigenvalue weighted by molar-refractivity contribution is -0.115. The number of amides is 1. The fourth-order valence-corrected chi connectivity index (χ4v) is 3.64. The summed E-state index contributed by atoms with van der Waals surface area (Å²) in [5, 5.41) is 9.56. The van der Waals surface area contributed by atoms with Crippen molar-refractivity contribution in [1.82, 2.24) is 14.8 Å². The second-order valence-corrected chi connectivity index (χ2v) is 7.91. The molecule has 0 unspecified atom stereocenters. The summed E-state index contributed by atoms with van der Waals surface area (Å²) < 4.78 is 7.39. The number of carbonyl (C=O) groups is 1. The molecule has 1 aliphatic rings. The Morgan fingerprint density at radius 2 is 1.86 bits per heavy atom. The lowest BCUT2D eigenvalue weighted by atomic mass is 10.3. The molecule has 1 aliphatic carbocycles. The Morgan fingerprint density at radius 1 is 1.18 bits per heavy atom. The van der Waals surface area contributed by atoms with E-state index in [2.05, 4.69) is 15.5 Å². The number of nitrogens with one attached hydrogen (secondary N) is 2. The first-order valence-electron chi connectivity index (χ1n) is 9.07. The van der Waals surface area contributed by atoms with E-state index in [1.807, 2.05) is 30.3 Å². The monoisotopic (exact) mass is 396 g/mol. The Bertz CT molecular complexity index is 1010. The van der Waals surface area contributed by atoms with Crippen molar-refractivity contribution >= 4 is 23.4 Å². The number of carbonyl (C=O) groups excluding carboxylic acids is 1. The number of H-pyrrole nitrogens is 1. The molecule has 0 saturated heterocycles. The zero-order valence-corrected chi connectivity index (χ0v) is 16.1. The number of rotatable bonds is 7. The van der Waals surface area contributed by atoms with Crippen LogP contribution in [0.25, 0.3) is 0 Å². The van der Waals surface area contributed by atoms with Crippen LogP contribution in [0.3, 0.4) is 0 Å². The molecule has 7 nitrogen and oxygen atoms in total. The molecule has 1 amide bonds. The number of benzene rings is 2. The summed E-state index contributed by atoms with van der Waals surface area (Å²) in [6.45, 7) is 1.79. The normalized spacial score (nSPS) is 14.5. The van der Waals surface area contributed by atoms with Crippen LogP contribution in [0.15, 0.2) is 64.5 Å². The molecule has 28 heavy (non-hydrogen) atoms. The maximum atomic E-state index is 12.5. The third kappa shape index (κ3) is 4.28. The average Bonchev–Trinajstić information content (AvgIpc) is 3.47. The number of ether oxygens (including phenoxy) is 1. The van der Waals surface area contributed by atoms with Crippen LogP contribution < -0.4 is 15.7 Å². The van der Waals surface area contributed by atoms with Gasteiger partial charge in [-0.1, -0.05) is 30.0 Å². The summed E-state index contributed by atoms with van der Waals surface area (Å²) in [5.41, 5.74) is 0.464. The molecule has 8 heteroatoms. The molecule has 144 valence electrons. The van der Waals surface area contributed by atoms with Gasteiger partial charge >= 0.3 is 5.69 Å². The van der Waals surface area contributed by atoms with Crippen molar-refractivity contribution < 1.29 is 9.53 Å². The number of hydrogen-bond acceptors (Lipinski definition) is 5. The summed E-state index contributed by atoms with van der Waals surface area (Å²) in [4.78, 5) is 24.4. The molecule has 1 aromatic heterocycles. The van der Waals surface area contributed by atoms with Crippen LogP contribution in [-0.4, -0.2) is 25.9 Å². The molecule has 2 N–H and O–H groups in total. The maximum absolute atomic E-state index is 12.5. The first-order chi connectivity index (χ1) is 13.6. The number of para-hydroxylation sites is 1. The molecule has 0 spiro atoms. The van der Waals surface area contributed by atoms with Gasteiger partial charge in [0.1, 0.15) is 11.5 Å². The predicted octanol–water partition coefficient (Wildman–Crippen LogP) is 3.82. The zero-order valence-electron chi connectivity index (χ0n) is 15.3. The third-order valence-electron chi connectivity index (χ3n) is 4.34. The van der Waals surface area contributed by atoms with E-state index in [1.54, 1.807) is 35.8 Å². The molecule has 0 bridgehead atoms. The molecule has 1 fully saturated rings. The van der Waals surface area contributed by atoms with Crippen LogP contribution in [0.4, 0.5) is 5.69 Å². The molecule has 1 saturated carbocycles. The standard InChI is InChI=1S/C20H20N4O3S/c1-13(28-20-23-22-19(26)24(20)15-9-10-15)18(25)21-14-7-11-17(12-8-14)27-16-5-3-2-4-6-16/h2-8,11-13,15H,9-10H2,1H3,(H,21,25)(H,22,26)/t13-/m0/s1. The van der Waals surface area contributed by atoms with Gasteiger partial charge in [0.05, 0.1) is 5.25 Å². The number of hydrogen-bond donors (Lipinski definition) is 2. The highest BCUT2D eigenvalue weighted by molar-refractivity contribution is 8.00. The van der Waals surface area contributed by atoms with Crippen LogP contribution >= 0.6 is 11.8 Å². The molecular weight excluding hydrogens is 376 g/mol. The highest BCUT2D eigenvalue weighted by atomic mass is 32.2. The minimum Gasteiger partial charge on any atom is -0.457 e. The molecular formula is C20H20N4O3S. The molecule has 1 heterocycles. The summed E-state index contributed by atoms with van der Waals surface area (Å²) in [7, 11) is 0. The minimum atomic E-state index is -0.395. The van der Waals surface area contributed by atoms with Crippen LogP contribution in [0.1, 0.15) is 25.8 Å². The zero-order chi connectivity index (χ0) is 19.5. The van der Waals surface area contributed by atoms with E-state index >= 15 is 0 Å². The average molecular weight is 396 g/mol. The number of anilines is 1. The molecule has 1 atom stereocenters. The first kappa shape index (κ1) is 18.4. The number of aromatic nitrogens is 3. The van der Waals surface area contributed by atoms with Gasteiger partial charge in [-0.05, 0) is 56.2 Å². The topological polar surface area (TPSA) is 89.0 Å². The fraction of sp³-hybridized carbons (Fsp3) is 0.250. The Balaban J connectivity index is 1.36. The van der Waals surface area contributed by atoms with E-state index in [-0.39, 0.29) is 17.6 Å². The minimum absolute atomic E-state index is 0.153. The van der Waals surface area contributed by atoms with Gasteiger partial charge in [0.2, 0.25) is 5.91 Å². The van der Waals surface area contributed by atoms with Gasteiger partial charge in [-0.15, -0.1) is 5.10 Å². The second kappa shape index (κ2) is 7.93. The van der Waals surface area contributed by atoms with Crippen molar-refractivity contribution in [3.8, 4) is 11.5 Å². The fourth-order valence-electron chi connectivity index (χ4n) is 2.71. The quantitative estimate of drug-likeness (QED) is 0.593. The van der Waals surface area contributed by atoms with E-state index in [9.17, 15) is 9.59 Å². The molecule has 2 aromatic carbocycles. The highest BCUT2D eigenvalue weighted by Crippen LogP contribution is 2.36. The molecule has 4 rings (SSSR count). The highest BCUT2D eigenvalue weighted by Gasteiger charge is 2.30. The summed E-state index contributed by atoms with van der Waals surface area (Å²) in [5.74, 6) is 1.29. The van der Waals surface area contributed by atoms with Crippen molar-refractivity contribution in [3.05, 3.63) is 65.1 Å². The summed E-state index contributed by atoms with van der Waals surface area (Å²) >= 11 is 1.28. The van der Waals surface area contributed by atoms with Crippen molar-refractivity contribution in [2.45, 2.75) is 36.2 Å².